The van der Waals surface area contributed by atoms with Crippen molar-refractivity contribution >= 4 is 17.4 Å². The topological polar surface area (TPSA) is 55.8 Å². The molecule has 0 fully saturated rings. The van der Waals surface area contributed by atoms with Gasteiger partial charge in [0.15, 0.2) is 11.5 Å². The van der Waals surface area contributed by atoms with Gasteiger partial charge < -0.3 is 14.4 Å². The predicted octanol–water partition coefficient (Wildman–Crippen LogP) is 3.13. The Balaban J connectivity index is 1.92. The van der Waals surface area contributed by atoms with E-state index in [-0.39, 0.29) is 0 Å². The van der Waals surface area contributed by atoms with E-state index in [0.29, 0.717) is 35.9 Å². The first kappa shape index (κ1) is 16.1. The number of Topliss-reactive ketones (excluding diaryl/α,β-unsaturated/α-hetero) is 1. The van der Waals surface area contributed by atoms with E-state index >= 15 is 0 Å². The fraction of sp³-hybridized carbons (Fsp3) is 0.263. The maximum absolute atomic E-state index is 12.3. The maximum Gasteiger partial charge on any atom is 0.299 e. The molecule has 0 aromatic heterocycles. The third kappa shape index (κ3) is 2.73. The number of amides is 1. The molecule has 0 atom stereocenters. The zero-order valence-corrected chi connectivity index (χ0v) is 14.0. The Kier molecular flexibility index (Phi) is 4.25. The molecule has 0 unspecified atom stereocenters. The molecule has 0 saturated heterocycles. The van der Waals surface area contributed by atoms with E-state index in [1.54, 1.807) is 13.2 Å². The number of anilines is 1. The number of nitrogens with zero attached hydrogens (tertiary/aromatic N) is 1. The molecule has 1 aliphatic heterocycles. The maximum atomic E-state index is 12.3. The minimum Gasteiger partial charge on any atom is -0.493 e. The van der Waals surface area contributed by atoms with Gasteiger partial charge >= 0.3 is 0 Å². The monoisotopic (exact) mass is 325 g/mol. The molecule has 1 aliphatic rings. The zero-order chi connectivity index (χ0) is 17.3. The van der Waals surface area contributed by atoms with Crippen LogP contribution in [0.4, 0.5) is 5.69 Å². The normalized spacial score (nSPS) is 13.2. The minimum absolute atomic E-state index is 0.309. The van der Waals surface area contributed by atoms with Crippen LogP contribution in [0.2, 0.25) is 0 Å². The minimum atomic E-state index is -0.497. The van der Waals surface area contributed by atoms with Gasteiger partial charge in [-0.3, -0.25) is 9.59 Å². The first-order valence-corrected chi connectivity index (χ1v) is 7.81. The van der Waals surface area contributed by atoms with Crippen molar-refractivity contribution in [2.24, 2.45) is 0 Å². The van der Waals surface area contributed by atoms with Crippen LogP contribution in [-0.2, 0) is 11.3 Å². The van der Waals surface area contributed by atoms with Crippen molar-refractivity contribution in [1.29, 1.82) is 0 Å². The van der Waals surface area contributed by atoms with E-state index in [4.69, 9.17) is 9.47 Å². The Morgan fingerprint density at radius 2 is 1.83 bits per heavy atom. The molecular weight excluding hydrogens is 306 g/mol. The number of ether oxygens (including phenoxy) is 2. The molecule has 5 heteroatoms. The summed E-state index contributed by atoms with van der Waals surface area (Å²) in [5.74, 6) is 0.315. The molecule has 0 bridgehead atoms. The van der Waals surface area contributed by atoms with Crippen molar-refractivity contribution in [3.05, 3.63) is 53.1 Å². The molecular formula is C19H19NO4. The number of carbonyl (C=O) groups excluding carboxylic acids is 2. The molecule has 5 nitrogen and oxygen atoms in total. The average Bonchev–Trinajstić information content (AvgIpc) is 2.81. The van der Waals surface area contributed by atoms with Crippen LogP contribution in [0.15, 0.2) is 36.4 Å². The molecule has 3 rings (SSSR count). The SMILES string of the molecule is CCOc1ccc(CN2C(=O)C(=O)c3cc(C)ccc32)cc1OC. The van der Waals surface area contributed by atoms with Gasteiger partial charge in [0.05, 0.1) is 31.5 Å². The number of benzene rings is 2. The van der Waals surface area contributed by atoms with Crippen molar-refractivity contribution in [1.82, 2.24) is 0 Å². The first-order chi connectivity index (χ1) is 11.5. The van der Waals surface area contributed by atoms with Crippen LogP contribution in [0, 0.1) is 6.92 Å². The van der Waals surface area contributed by atoms with Gasteiger partial charge in [-0.1, -0.05) is 17.7 Å². The number of ketones is 1. The highest BCUT2D eigenvalue weighted by Gasteiger charge is 2.35. The lowest BCUT2D eigenvalue weighted by atomic mass is 10.1. The Morgan fingerprint density at radius 3 is 2.54 bits per heavy atom. The molecule has 2 aromatic carbocycles. The summed E-state index contributed by atoms with van der Waals surface area (Å²) in [4.78, 5) is 26.0. The number of methoxy groups -OCH3 is 1. The van der Waals surface area contributed by atoms with E-state index in [1.807, 2.05) is 44.2 Å². The lowest BCUT2D eigenvalue weighted by molar-refractivity contribution is -0.114. The number of carbonyl (C=O) groups is 2. The Bertz CT molecular complexity index is 813. The smallest absolute Gasteiger partial charge is 0.299 e. The lowest BCUT2D eigenvalue weighted by Gasteiger charge is -2.18. The van der Waals surface area contributed by atoms with Crippen LogP contribution >= 0.6 is 0 Å². The van der Waals surface area contributed by atoms with E-state index in [9.17, 15) is 9.59 Å². The number of fused-ring (bicyclic) bond motifs is 1. The molecule has 0 saturated carbocycles. The van der Waals surface area contributed by atoms with Gasteiger partial charge in [-0.15, -0.1) is 0 Å². The summed E-state index contributed by atoms with van der Waals surface area (Å²) in [7, 11) is 1.57. The summed E-state index contributed by atoms with van der Waals surface area (Å²) >= 11 is 0. The summed E-state index contributed by atoms with van der Waals surface area (Å²) < 4.78 is 10.8. The summed E-state index contributed by atoms with van der Waals surface area (Å²) in [6.45, 7) is 4.66. The number of rotatable bonds is 5. The zero-order valence-electron chi connectivity index (χ0n) is 14.0. The second kappa shape index (κ2) is 6.35. The van der Waals surface area contributed by atoms with Crippen LogP contribution in [0.25, 0.3) is 0 Å². The lowest BCUT2D eigenvalue weighted by Crippen LogP contribution is -2.29. The Hall–Kier alpha value is -2.82. The van der Waals surface area contributed by atoms with Gasteiger partial charge in [0.25, 0.3) is 11.7 Å². The predicted molar refractivity (Wildman–Crippen MR) is 90.9 cm³/mol. The largest absolute Gasteiger partial charge is 0.493 e. The summed E-state index contributed by atoms with van der Waals surface area (Å²) in [6, 6.07) is 11.0. The van der Waals surface area contributed by atoms with Crippen molar-refractivity contribution in [3.63, 3.8) is 0 Å². The van der Waals surface area contributed by atoms with Crippen LogP contribution in [0.1, 0.15) is 28.4 Å². The quantitative estimate of drug-likeness (QED) is 0.793. The third-order valence-corrected chi connectivity index (χ3v) is 4.00. The van der Waals surface area contributed by atoms with Gasteiger partial charge in [0, 0.05) is 0 Å². The first-order valence-electron chi connectivity index (χ1n) is 7.81. The molecule has 1 heterocycles. The standard InChI is InChI=1S/C19H19NO4/c1-4-24-16-8-6-13(10-17(16)23-3)11-20-15-7-5-12(2)9-14(15)18(21)19(20)22/h5-10H,4,11H2,1-3H3. The number of hydrogen-bond acceptors (Lipinski definition) is 4. The molecule has 124 valence electrons. The molecule has 2 aromatic rings. The number of hydrogen-bond donors (Lipinski definition) is 0. The number of aryl methyl sites for hydroxylation is 1. The van der Waals surface area contributed by atoms with Crippen molar-refractivity contribution in [3.8, 4) is 11.5 Å². The fourth-order valence-corrected chi connectivity index (χ4v) is 2.84. The van der Waals surface area contributed by atoms with Gasteiger partial charge in [-0.2, -0.15) is 0 Å². The summed E-state index contributed by atoms with van der Waals surface area (Å²) in [5.41, 5.74) is 2.95. The average molecular weight is 325 g/mol. The Morgan fingerprint density at radius 1 is 1.04 bits per heavy atom. The highest BCUT2D eigenvalue weighted by atomic mass is 16.5. The second-order valence-corrected chi connectivity index (χ2v) is 5.66. The van der Waals surface area contributed by atoms with E-state index in [0.717, 1.165) is 11.1 Å². The Labute approximate surface area is 140 Å². The third-order valence-electron chi connectivity index (χ3n) is 4.00. The van der Waals surface area contributed by atoms with Crippen molar-refractivity contribution in [2.45, 2.75) is 20.4 Å². The van der Waals surface area contributed by atoms with Crippen LogP contribution in [0.3, 0.4) is 0 Å². The van der Waals surface area contributed by atoms with Crippen LogP contribution in [0.5, 0.6) is 11.5 Å². The van der Waals surface area contributed by atoms with Crippen LogP contribution < -0.4 is 14.4 Å². The molecule has 0 N–H and O–H groups in total. The molecule has 24 heavy (non-hydrogen) atoms. The van der Waals surface area contributed by atoms with Gasteiger partial charge in [0.1, 0.15) is 0 Å². The van der Waals surface area contributed by atoms with Gasteiger partial charge in [-0.05, 0) is 43.7 Å². The van der Waals surface area contributed by atoms with Crippen LogP contribution in [-0.4, -0.2) is 25.4 Å². The molecule has 0 aliphatic carbocycles. The highest BCUT2D eigenvalue weighted by Crippen LogP contribution is 2.33. The highest BCUT2D eigenvalue weighted by molar-refractivity contribution is 6.52. The van der Waals surface area contributed by atoms with E-state index < -0.39 is 11.7 Å². The molecule has 0 spiro atoms. The van der Waals surface area contributed by atoms with E-state index in [2.05, 4.69) is 0 Å². The summed E-state index contributed by atoms with van der Waals surface area (Å²) in [5, 5.41) is 0. The molecule has 0 radical (unpaired) electrons. The summed E-state index contributed by atoms with van der Waals surface area (Å²) in [6.07, 6.45) is 0. The second-order valence-electron chi connectivity index (χ2n) is 5.66. The van der Waals surface area contributed by atoms with Gasteiger partial charge in [-0.25, -0.2) is 0 Å². The van der Waals surface area contributed by atoms with E-state index in [1.165, 1.54) is 4.90 Å². The van der Waals surface area contributed by atoms with Crippen molar-refractivity contribution < 1.29 is 19.1 Å². The van der Waals surface area contributed by atoms with Gasteiger partial charge in [0.2, 0.25) is 0 Å². The molecule has 1 amide bonds. The van der Waals surface area contributed by atoms with Crippen molar-refractivity contribution in [2.75, 3.05) is 18.6 Å². The fourth-order valence-electron chi connectivity index (χ4n) is 2.84.